The number of ether oxygens (including phenoxy) is 2. The molecule has 1 aromatic rings. The Bertz CT molecular complexity index is 505. The molecule has 0 radical (unpaired) electrons. The maximum atomic E-state index is 12.2. The van der Waals surface area contributed by atoms with Crippen molar-refractivity contribution in [3.63, 3.8) is 0 Å². The van der Waals surface area contributed by atoms with Crippen molar-refractivity contribution in [1.29, 1.82) is 0 Å². The summed E-state index contributed by atoms with van der Waals surface area (Å²) in [5, 5.41) is 9.21. The first-order valence-corrected chi connectivity index (χ1v) is 7.27. The number of hydrogen-bond donors (Lipinski definition) is 1. The molecule has 6 nitrogen and oxygen atoms in total. The second-order valence-electron chi connectivity index (χ2n) is 5.54. The number of aliphatic carboxylic acids is 1. The van der Waals surface area contributed by atoms with E-state index in [-0.39, 0.29) is 19.1 Å². The van der Waals surface area contributed by atoms with Gasteiger partial charge in [0, 0.05) is 26.1 Å². The number of hydrogen-bond acceptors (Lipinski definition) is 4. The van der Waals surface area contributed by atoms with Crippen LogP contribution in [0.3, 0.4) is 0 Å². The Morgan fingerprint density at radius 1 is 1.27 bits per heavy atom. The summed E-state index contributed by atoms with van der Waals surface area (Å²) in [6, 6.07) is 9.38. The Kier molecular flexibility index (Phi) is 5.77. The van der Waals surface area contributed by atoms with E-state index >= 15 is 0 Å². The fourth-order valence-corrected chi connectivity index (χ4v) is 2.70. The molecule has 6 heteroatoms. The summed E-state index contributed by atoms with van der Waals surface area (Å²) in [7, 11) is 1.57. The van der Waals surface area contributed by atoms with Gasteiger partial charge in [-0.05, 0) is 12.0 Å². The van der Waals surface area contributed by atoms with E-state index in [2.05, 4.69) is 0 Å². The van der Waals surface area contributed by atoms with E-state index in [1.807, 2.05) is 30.3 Å². The first-order valence-electron chi connectivity index (χ1n) is 7.27. The van der Waals surface area contributed by atoms with E-state index in [4.69, 9.17) is 9.47 Å². The summed E-state index contributed by atoms with van der Waals surface area (Å²) >= 11 is 0. The fraction of sp³-hybridized carbons (Fsp3) is 0.500. The number of likely N-dealkylation sites (tertiary alicyclic amines) is 1. The minimum Gasteiger partial charge on any atom is -0.481 e. The van der Waals surface area contributed by atoms with E-state index in [0.29, 0.717) is 19.6 Å². The lowest BCUT2D eigenvalue weighted by molar-refractivity contribution is -0.144. The molecule has 0 spiro atoms. The van der Waals surface area contributed by atoms with Crippen molar-refractivity contribution >= 4 is 12.1 Å². The van der Waals surface area contributed by atoms with Crippen molar-refractivity contribution < 1.29 is 24.2 Å². The molecule has 0 saturated carbocycles. The van der Waals surface area contributed by atoms with Crippen LogP contribution in [0.2, 0.25) is 0 Å². The lowest BCUT2D eigenvalue weighted by atomic mass is 9.90. The zero-order valence-corrected chi connectivity index (χ0v) is 12.6. The van der Waals surface area contributed by atoms with Gasteiger partial charge in [-0.1, -0.05) is 30.3 Å². The van der Waals surface area contributed by atoms with E-state index in [9.17, 15) is 14.7 Å². The summed E-state index contributed by atoms with van der Waals surface area (Å²) in [6.45, 7) is 1.27. The molecule has 0 bridgehead atoms. The highest BCUT2D eigenvalue weighted by atomic mass is 16.6. The maximum absolute atomic E-state index is 12.2. The lowest BCUT2D eigenvalue weighted by Crippen LogP contribution is -2.47. The van der Waals surface area contributed by atoms with Crippen molar-refractivity contribution in [3.05, 3.63) is 35.9 Å². The number of rotatable bonds is 5. The van der Waals surface area contributed by atoms with Crippen molar-refractivity contribution in [3.8, 4) is 0 Å². The molecule has 1 unspecified atom stereocenters. The monoisotopic (exact) mass is 307 g/mol. The van der Waals surface area contributed by atoms with Gasteiger partial charge in [-0.3, -0.25) is 4.79 Å². The second-order valence-corrected chi connectivity index (χ2v) is 5.54. The van der Waals surface area contributed by atoms with Gasteiger partial charge in [0.05, 0.1) is 12.5 Å². The van der Waals surface area contributed by atoms with E-state index in [1.165, 1.54) is 4.90 Å². The Balaban J connectivity index is 1.93. The summed E-state index contributed by atoms with van der Waals surface area (Å²) in [5.74, 6) is -1.44. The van der Waals surface area contributed by atoms with Gasteiger partial charge in [-0.15, -0.1) is 0 Å². The van der Waals surface area contributed by atoms with Crippen LogP contribution in [0.5, 0.6) is 0 Å². The molecule has 0 aliphatic carbocycles. The minimum atomic E-state index is -0.887. The number of nitrogens with zero attached hydrogens (tertiary/aromatic N) is 1. The van der Waals surface area contributed by atoms with Crippen LogP contribution in [0, 0.1) is 11.8 Å². The number of carboxylic acids is 1. The third kappa shape index (κ3) is 4.46. The van der Waals surface area contributed by atoms with Crippen molar-refractivity contribution in [2.75, 3.05) is 26.8 Å². The van der Waals surface area contributed by atoms with Gasteiger partial charge >= 0.3 is 12.1 Å². The highest BCUT2D eigenvalue weighted by molar-refractivity contribution is 5.73. The largest absolute Gasteiger partial charge is 0.481 e. The average Bonchev–Trinajstić information content (AvgIpc) is 2.53. The number of carbonyl (C=O) groups excluding carboxylic acids is 1. The molecule has 1 heterocycles. The molecular weight excluding hydrogens is 286 g/mol. The van der Waals surface area contributed by atoms with Gasteiger partial charge in [-0.2, -0.15) is 0 Å². The second kappa shape index (κ2) is 7.79. The van der Waals surface area contributed by atoms with Crippen LogP contribution in [-0.4, -0.2) is 48.9 Å². The average molecular weight is 307 g/mol. The number of carboxylic acid groups (broad SMARTS) is 1. The van der Waals surface area contributed by atoms with Crippen LogP contribution < -0.4 is 0 Å². The molecule has 1 aliphatic heterocycles. The van der Waals surface area contributed by atoms with Gasteiger partial charge in [0.15, 0.2) is 0 Å². The van der Waals surface area contributed by atoms with Gasteiger partial charge < -0.3 is 19.5 Å². The van der Waals surface area contributed by atoms with Gasteiger partial charge in [-0.25, -0.2) is 4.79 Å². The molecule has 1 fully saturated rings. The van der Waals surface area contributed by atoms with Crippen LogP contribution in [0.1, 0.15) is 12.0 Å². The van der Waals surface area contributed by atoms with Crippen LogP contribution in [0.15, 0.2) is 30.3 Å². The van der Waals surface area contributed by atoms with Crippen LogP contribution in [0.25, 0.3) is 0 Å². The molecule has 1 amide bonds. The Labute approximate surface area is 129 Å². The molecule has 1 aromatic carbocycles. The number of carbonyl (C=O) groups is 2. The predicted octanol–water partition coefficient (Wildman–Crippen LogP) is 1.99. The standard InChI is InChI=1S/C16H21NO5/c1-21-10-13-7-14(15(18)19)9-17(8-13)16(20)22-11-12-5-3-2-4-6-12/h2-6,13-14H,7-11H2,1H3,(H,18,19)/t13-,14?/m1/s1. The molecular formula is C16H21NO5. The summed E-state index contributed by atoms with van der Waals surface area (Å²) in [4.78, 5) is 24.9. The predicted molar refractivity (Wildman–Crippen MR) is 79.3 cm³/mol. The van der Waals surface area contributed by atoms with Crippen molar-refractivity contribution in [2.45, 2.75) is 13.0 Å². The third-order valence-electron chi connectivity index (χ3n) is 3.75. The highest BCUT2D eigenvalue weighted by Crippen LogP contribution is 2.23. The SMILES string of the molecule is COC[C@@H]1CC(C(=O)O)CN(C(=O)OCc2ccccc2)C1. The first kappa shape index (κ1) is 16.3. The lowest BCUT2D eigenvalue weighted by Gasteiger charge is -2.35. The minimum absolute atomic E-state index is 0.0177. The topological polar surface area (TPSA) is 76.1 Å². The molecule has 22 heavy (non-hydrogen) atoms. The van der Waals surface area contributed by atoms with Crippen LogP contribution >= 0.6 is 0 Å². The molecule has 0 aromatic heterocycles. The van der Waals surface area contributed by atoms with E-state index in [0.717, 1.165) is 5.56 Å². The first-order chi connectivity index (χ1) is 10.6. The maximum Gasteiger partial charge on any atom is 0.410 e. The van der Waals surface area contributed by atoms with Crippen molar-refractivity contribution in [1.82, 2.24) is 4.90 Å². The van der Waals surface area contributed by atoms with Crippen LogP contribution in [0.4, 0.5) is 4.79 Å². The number of piperidine rings is 1. The highest BCUT2D eigenvalue weighted by Gasteiger charge is 2.34. The van der Waals surface area contributed by atoms with Gasteiger partial charge in [0.25, 0.3) is 0 Å². The number of benzene rings is 1. The van der Waals surface area contributed by atoms with Gasteiger partial charge in [0.2, 0.25) is 0 Å². The molecule has 1 N–H and O–H groups in total. The van der Waals surface area contributed by atoms with E-state index < -0.39 is 18.0 Å². The van der Waals surface area contributed by atoms with E-state index in [1.54, 1.807) is 7.11 Å². The number of amides is 1. The summed E-state index contributed by atoms with van der Waals surface area (Å²) in [6.07, 6.45) is 0.0435. The summed E-state index contributed by atoms with van der Waals surface area (Å²) in [5.41, 5.74) is 0.899. The molecule has 2 rings (SSSR count). The smallest absolute Gasteiger partial charge is 0.410 e. The molecule has 1 saturated heterocycles. The number of methoxy groups -OCH3 is 1. The molecule has 2 atom stereocenters. The zero-order valence-electron chi connectivity index (χ0n) is 12.6. The Hall–Kier alpha value is -2.08. The quantitative estimate of drug-likeness (QED) is 0.900. The Morgan fingerprint density at radius 2 is 2.00 bits per heavy atom. The van der Waals surface area contributed by atoms with Crippen LogP contribution in [-0.2, 0) is 20.9 Å². The normalized spacial score (nSPS) is 21.4. The summed E-state index contributed by atoms with van der Waals surface area (Å²) < 4.78 is 10.4. The van der Waals surface area contributed by atoms with Crippen molar-refractivity contribution in [2.24, 2.45) is 11.8 Å². The zero-order chi connectivity index (χ0) is 15.9. The Morgan fingerprint density at radius 3 is 2.64 bits per heavy atom. The molecule has 120 valence electrons. The molecule has 1 aliphatic rings. The van der Waals surface area contributed by atoms with Gasteiger partial charge in [0.1, 0.15) is 6.61 Å². The third-order valence-corrected chi connectivity index (χ3v) is 3.75. The fourth-order valence-electron chi connectivity index (χ4n) is 2.70.